The second-order valence-corrected chi connectivity index (χ2v) is 5.70. The van der Waals surface area contributed by atoms with Gasteiger partial charge in [0.25, 0.3) is 0 Å². The van der Waals surface area contributed by atoms with Crippen LogP contribution in [0.5, 0.6) is 5.75 Å². The smallest absolute Gasteiger partial charge is 0.125 e. The van der Waals surface area contributed by atoms with Gasteiger partial charge in [-0.05, 0) is 58.7 Å². The lowest BCUT2D eigenvalue weighted by Crippen LogP contribution is -2.37. The summed E-state index contributed by atoms with van der Waals surface area (Å²) in [6.45, 7) is 11.8. The number of ether oxygens (including phenoxy) is 1. The van der Waals surface area contributed by atoms with E-state index in [-0.39, 0.29) is 5.54 Å². The molecule has 0 unspecified atom stereocenters. The molecule has 0 spiro atoms. The fourth-order valence-electron chi connectivity index (χ4n) is 2.09. The van der Waals surface area contributed by atoms with Gasteiger partial charge < -0.3 is 10.1 Å². The molecule has 17 heavy (non-hydrogen) atoms. The van der Waals surface area contributed by atoms with Crippen LogP contribution in [0.15, 0.2) is 12.1 Å². The fourth-order valence-corrected chi connectivity index (χ4v) is 2.09. The molecule has 1 rings (SSSR count). The summed E-state index contributed by atoms with van der Waals surface area (Å²) in [6, 6.07) is 4.38. The molecule has 0 aliphatic carbocycles. The van der Waals surface area contributed by atoms with Crippen LogP contribution in [-0.2, 0) is 6.42 Å². The number of methoxy groups -OCH3 is 1. The summed E-state index contributed by atoms with van der Waals surface area (Å²) in [6.07, 6.45) is 1.00. The van der Waals surface area contributed by atoms with Gasteiger partial charge in [-0.25, -0.2) is 0 Å². The van der Waals surface area contributed by atoms with Crippen LogP contribution in [-0.4, -0.2) is 19.2 Å². The van der Waals surface area contributed by atoms with Gasteiger partial charge in [0.1, 0.15) is 5.75 Å². The van der Waals surface area contributed by atoms with Gasteiger partial charge in [-0.1, -0.05) is 17.7 Å². The number of rotatable bonds is 4. The topological polar surface area (TPSA) is 21.3 Å². The van der Waals surface area contributed by atoms with Gasteiger partial charge in [0.2, 0.25) is 0 Å². The quantitative estimate of drug-likeness (QED) is 0.865. The summed E-state index contributed by atoms with van der Waals surface area (Å²) in [5, 5.41) is 3.51. The molecule has 0 aliphatic heterocycles. The van der Waals surface area contributed by atoms with Crippen LogP contribution >= 0.6 is 0 Å². The van der Waals surface area contributed by atoms with Crippen LogP contribution in [0.2, 0.25) is 0 Å². The SMILES string of the molecule is COc1c(C)cc(C)cc1CCNC(C)(C)C. The Balaban J connectivity index is 2.76. The van der Waals surface area contributed by atoms with Gasteiger partial charge in [-0.2, -0.15) is 0 Å². The molecular weight excluding hydrogens is 210 g/mol. The summed E-state index contributed by atoms with van der Waals surface area (Å²) in [5.41, 5.74) is 3.99. The molecule has 0 saturated heterocycles. The maximum Gasteiger partial charge on any atom is 0.125 e. The van der Waals surface area contributed by atoms with Crippen LogP contribution in [0.4, 0.5) is 0 Å². The number of hydrogen-bond acceptors (Lipinski definition) is 2. The minimum atomic E-state index is 0.173. The van der Waals surface area contributed by atoms with Gasteiger partial charge >= 0.3 is 0 Å². The van der Waals surface area contributed by atoms with E-state index in [9.17, 15) is 0 Å². The van der Waals surface area contributed by atoms with E-state index in [2.05, 4.69) is 52.1 Å². The molecule has 0 aliphatic rings. The molecule has 96 valence electrons. The Hall–Kier alpha value is -1.02. The molecule has 0 bridgehead atoms. The van der Waals surface area contributed by atoms with E-state index in [1.807, 2.05) is 0 Å². The highest BCUT2D eigenvalue weighted by Gasteiger charge is 2.11. The van der Waals surface area contributed by atoms with Gasteiger partial charge in [0.05, 0.1) is 7.11 Å². The van der Waals surface area contributed by atoms with Crippen molar-refractivity contribution in [2.24, 2.45) is 0 Å². The van der Waals surface area contributed by atoms with Crippen molar-refractivity contribution in [2.45, 2.75) is 46.6 Å². The van der Waals surface area contributed by atoms with E-state index in [0.717, 1.165) is 18.7 Å². The lowest BCUT2D eigenvalue weighted by molar-refractivity contribution is 0.400. The van der Waals surface area contributed by atoms with Crippen molar-refractivity contribution in [1.82, 2.24) is 5.32 Å². The average Bonchev–Trinajstić information content (AvgIpc) is 2.14. The minimum Gasteiger partial charge on any atom is -0.496 e. The molecule has 0 saturated carbocycles. The highest BCUT2D eigenvalue weighted by molar-refractivity contribution is 5.43. The molecule has 0 radical (unpaired) electrons. The third-order valence-corrected chi connectivity index (χ3v) is 2.75. The molecule has 2 heteroatoms. The fraction of sp³-hybridized carbons (Fsp3) is 0.600. The van der Waals surface area contributed by atoms with Gasteiger partial charge in [-0.15, -0.1) is 0 Å². The van der Waals surface area contributed by atoms with E-state index < -0.39 is 0 Å². The zero-order valence-corrected chi connectivity index (χ0v) is 12.0. The van der Waals surface area contributed by atoms with Gasteiger partial charge in [-0.3, -0.25) is 0 Å². The first-order valence-corrected chi connectivity index (χ1v) is 6.22. The Labute approximate surface area is 105 Å². The van der Waals surface area contributed by atoms with Crippen LogP contribution < -0.4 is 10.1 Å². The molecule has 0 aromatic heterocycles. The molecule has 0 atom stereocenters. The predicted octanol–water partition coefficient (Wildman–Crippen LogP) is 3.24. The van der Waals surface area contributed by atoms with Crippen molar-refractivity contribution in [3.8, 4) is 5.75 Å². The van der Waals surface area contributed by atoms with Crippen LogP contribution in [0.3, 0.4) is 0 Å². The van der Waals surface area contributed by atoms with Crippen molar-refractivity contribution in [3.63, 3.8) is 0 Å². The lowest BCUT2D eigenvalue weighted by Gasteiger charge is -2.21. The molecule has 0 amide bonds. The second kappa shape index (κ2) is 5.54. The Morgan fingerprint density at radius 3 is 2.35 bits per heavy atom. The van der Waals surface area contributed by atoms with E-state index in [4.69, 9.17) is 4.74 Å². The number of hydrogen-bond donors (Lipinski definition) is 1. The molecule has 1 aromatic carbocycles. The van der Waals surface area contributed by atoms with Gasteiger partial charge in [0, 0.05) is 5.54 Å². The van der Waals surface area contributed by atoms with Gasteiger partial charge in [0.15, 0.2) is 0 Å². The number of benzene rings is 1. The van der Waals surface area contributed by atoms with Crippen molar-refractivity contribution in [2.75, 3.05) is 13.7 Å². The van der Waals surface area contributed by atoms with Crippen molar-refractivity contribution >= 4 is 0 Å². The Morgan fingerprint density at radius 1 is 1.18 bits per heavy atom. The summed E-state index contributed by atoms with van der Waals surface area (Å²) in [7, 11) is 1.75. The predicted molar refractivity (Wildman–Crippen MR) is 73.9 cm³/mol. The first kappa shape index (κ1) is 14.0. The first-order valence-electron chi connectivity index (χ1n) is 6.22. The van der Waals surface area contributed by atoms with Crippen molar-refractivity contribution in [3.05, 3.63) is 28.8 Å². The standard InChI is InChI=1S/C15H25NO/c1-11-9-12(2)14(17-6)13(10-11)7-8-16-15(3,4)5/h9-10,16H,7-8H2,1-6H3. The minimum absolute atomic E-state index is 0.173. The zero-order valence-electron chi connectivity index (χ0n) is 12.0. The second-order valence-electron chi connectivity index (χ2n) is 5.70. The number of nitrogens with one attached hydrogen (secondary N) is 1. The molecule has 2 nitrogen and oxygen atoms in total. The van der Waals surface area contributed by atoms with E-state index in [0.29, 0.717) is 0 Å². The maximum absolute atomic E-state index is 5.49. The molecule has 1 N–H and O–H groups in total. The lowest BCUT2D eigenvalue weighted by atomic mass is 10.0. The molecular formula is C15H25NO. The summed E-state index contributed by atoms with van der Waals surface area (Å²) in [4.78, 5) is 0. The van der Waals surface area contributed by atoms with Crippen LogP contribution in [0, 0.1) is 13.8 Å². The van der Waals surface area contributed by atoms with E-state index in [1.165, 1.54) is 16.7 Å². The monoisotopic (exact) mass is 235 g/mol. The van der Waals surface area contributed by atoms with Crippen LogP contribution in [0.25, 0.3) is 0 Å². The number of aryl methyl sites for hydroxylation is 2. The normalized spacial score (nSPS) is 11.6. The van der Waals surface area contributed by atoms with Crippen LogP contribution in [0.1, 0.15) is 37.5 Å². The average molecular weight is 235 g/mol. The Morgan fingerprint density at radius 2 is 1.82 bits per heavy atom. The summed E-state index contributed by atoms with van der Waals surface area (Å²) < 4.78 is 5.49. The Bertz CT molecular complexity index is 377. The summed E-state index contributed by atoms with van der Waals surface area (Å²) in [5.74, 6) is 1.03. The zero-order chi connectivity index (χ0) is 13.1. The first-order chi connectivity index (χ1) is 7.83. The van der Waals surface area contributed by atoms with E-state index >= 15 is 0 Å². The molecule has 1 aromatic rings. The van der Waals surface area contributed by atoms with E-state index in [1.54, 1.807) is 7.11 Å². The third kappa shape index (κ3) is 4.39. The van der Waals surface area contributed by atoms with Crippen molar-refractivity contribution in [1.29, 1.82) is 0 Å². The highest BCUT2D eigenvalue weighted by atomic mass is 16.5. The summed E-state index contributed by atoms with van der Waals surface area (Å²) >= 11 is 0. The maximum atomic E-state index is 5.49. The third-order valence-electron chi connectivity index (χ3n) is 2.75. The molecule has 0 fully saturated rings. The largest absolute Gasteiger partial charge is 0.496 e. The highest BCUT2D eigenvalue weighted by Crippen LogP contribution is 2.25. The Kier molecular flexibility index (Phi) is 4.58. The van der Waals surface area contributed by atoms with Crippen molar-refractivity contribution < 1.29 is 4.74 Å². The molecule has 0 heterocycles.